The van der Waals surface area contributed by atoms with Crippen LogP contribution in [0.15, 0.2) is 53.7 Å². The van der Waals surface area contributed by atoms with E-state index >= 15 is 0 Å². The molecule has 29 heavy (non-hydrogen) atoms. The van der Waals surface area contributed by atoms with Gasteiger partial charge in [-0.15, -0.1) is 0 Å². The number of guanidine groups is 1. The Morgan fingerprint density at radius 3 is 2.66 bits per heavy atom. The first-order valence-electron chi connectivity index (χ1n) is 10.5. The molecule has 0 radical (unpaired) electrons. The van der Waals surface area contributed by atoms with Crippen molar-refractivity contribution >= 4 is 5.96 Å². The number of nitrogens with one attached hydrogen (secondary N) is 2. The van der Waals surface area contributed by atoms with Crippen molar-refractivity contribution in [1.29, 1.82) is 0 Å². The van der Waals surface area contributed by atoms with Crippen LogP contribution in [-0.4, -0.2) is 35.7 Å². The molecule has 3 N–H and O–H groups in total. The van der Waals surface area contributed by atoms with Crippen LogP contribution in [0.1, 0.15) is 44.2 Å². The van der Waals surface area contributed by atoms with Crippen LogP contribution in [0.25, 0.3) is 0 Å². The van der Waals surface area contributed by atoms with Gasteiger partial charge in [-0.05, 0) is 42.9 Å². The molecule has 0 aliphatic carbocycles. The number of benzene rings is 1. The van der Waals surface area contributed by atoms with Gasteiger partial charge in [0.2, 0.25) is 5.88 Å². The van der Waals surface area contributed by atoms with Gasteiger partial charge in [-0.1, -0.05) is 43.7 Å². The largest absolute Gasteiger partial charge is 0.473 e. The zero-order valence-electron chi connectivity index (χ0n) is 17.6. The van der Waals surface area contributed by atoms with Crippen LogP contribution in [0.2, 0.25) is 0 Å². The predicted octanol–water partition coefficient (Wildman–Crippen LogP) is 3.51. The molecule has 1 atom stereocenters. The van der Waals surface area contributed by atoms with E-state index in [1.807, 2.05) is 42.5 Å². The third kappa shape index (κ3) is 8.96. The number of hydrogen-bond donors (Lipinski definition) is 3. The number of rotatable bonds is 12. The number of nitrogens with zero attached hydrogens (tertiary/aromatic N) is 2. The summed E-state index contributed by atoms with van der Waals surface area (Å²) >= 11 is 0. The minimum atomic E-state index is 0.225. The van der Waals surface area contributed by atoms with Crippen LogP contribution in [0.5, 0.6) is 5.88 Å². The Bertz CT molecular complexity index is 716. The third-order valence-corrected chi connectivity index (χ3v) is 4.59. The lowest BCUT2D eigenvalue weighted by atomic mass is 10.0. The second-order valence-corrected chi connectivity index (χ2v) is 7.02. The molecule has 6 nitrogen and oxygen atoms in total. The molecule has 1 unspecified atom stereocenters. The Morgan fingerprint density at radius 1 is 1.10 bits per heavy atom. The molecule has 0 fully saturated rings. The topological polar surface area (TPSA) is 78.8 Å². The molecule has 0 saturated heterocycles. The fourth-order valence-corrected chi connectivity index (χ4v) is 3.05. The Kier molecular flexibility index (Phi) is 10.6. The second-order valence-electron chi connectivity index (χ2n) is 7.02. The highest BCUT2D eigenvalue weighted by atomic mass is 16.5. The average molecular weight is 399 g/mol. The van der Waals surface area contributed by atoms with Gasteiger partial charge in [-0.25, -0.2) is 9.98 Å². The number of aliphatic hydroxyl groups is 1. The van der Waals surface area contributed by atoms with Crippen LogP contribution in [0.4, 0.5) is 0 Å². The van der Waals surface area contributed by atoms with Crippen molar-refractivity contribution in [3.63, 3.8) is 0 Å². The Labute approximate surface area is 174 Å². The van der Waals surface area contributed by atoms with Gasteiger partial charge in [-0.3, -0.25) is 0 Å². The highest BCUT2D eigenvalue weighted by molar-refractivity contribution is 5.79. The minimum absolute atomic E-state index is 0.225. The minimum Gasteiger partial charge on any atom is -0.473 e. The monoisotopic (exact) mass is 398 g/mol. The lowest BCUT2D eigenvalue weighted by Gasteiger charge is -2.18. The summed E-state index contributed by atoms with van der Waals surface area (Å²) in [7, 11) is 0. The van der Waals surface area contributed by atoms with E-state index in [1.54, 1.807) is 6.20 Å². The summed E-state index contributed by atoms with van der Waals surface area (Å²) in [6.45, 7) is 7.09. The number of ether oxygens (including phenoxy) is 1. The molecule has 0 aliphatic heterocycles. The lowest BCUT2D eigenvalue weighted by molar-refractivity contribution is 0.251. The van der Waals surface area contributed by atoms with Crippen LogP contribution in [0.3, 0.4) is 0 Å². The van der Waals surface area contributed by atoms with Gasteiger partial charge in [-0.2, -0.15) is 0 Å². The molecule has 1 aromatic heterocycles. The number of aliphatic hydroxyl groups excluding tert-OH is 1. The summed E-state index contributed by atoms with van der Waals surface area (Å²) in [4.78, 5) is 8.98. The van der Waals surface area contributed by atoms with E-state index in [0.717, 1.165) is 49.4 Å². The van der Waals surface area contributed by atoms with Crippen molar-refractivity contribution in [2.45, 2.75) is 46.3 Å². The van der Waals surface area contributed by atoms with E-state index in [9.17, 15) is 5.11 Å². The first kappa shape index (κ1) is 22.7. The molecule has 6 heteroatoms. The first-order chi connectivity index (χ1) is 14.2. The van der Waals surface area contributed by atoms with Crippen molar-refractivity contribution in [2.75, 3.05) is 19.7 Å². The van der Waals surface area contributed by atoms with Gasteiger partial charge < -0.3 is 20.5 Å². The molecule has 0 amide bonds. The van der Waals surface area contributed by atoms with E-state index in [4.69, 9.17) is 4.74 Å². The van der Waals surface area contributed by atoms with Crippen LogP contribution < -0.4 is 15.4 Å². The van der Waals surface area contributed by atoms with Gasteiger partial charge in [0.25, 0.3) is 0 Å². The van der Waals surface area contributed by atoms with Crippen LogP contribution in [0, 0.1) is 5.92 Å². The number of pyridine rings is 1. The van der Waals surface area contributed by atoms with Gasteiger partial charge in [0.1, 0.15) is 6.61 Å². The molecule has 1 aromatic carbocycles. The van der Waals surface area contributed by atoms with Crippen molar-refractivity contribution in [2.24, 2.45) is 10.9 Å². The Morgan fingerprint density at radius 2 is 1.93 bits per heavy atom. The quantitative estimate of drug-likeness (QED) is 0.377. The molecule has 2 rings (SSSR count). The Balaban J connectivity index is 1.92. The van der Waals surface area contributed by atoms with E-state index in [1.165, 1.54) is 0 Å². The zero-order valence-corrected chi connectivity index (χ0v) is 17.6. The van der Waals surface area contributed by atoms with E-state index in [-0.39, 0.29) is 6.61 Å². The summed E-state index contributed by atoms with van der Waals surface area (Å²) in [5.41, 5.74) is 2.15. The average Bonchev–Trinajstić information content (AvgIpc) is 2.75. The second kappa shape index (κ2) is 13.6. The Hall–Kier alpha value is -2.60. The van der Waals surface area contributed by atoms with E-state index < -0.39 is 0 Å². The molecular formula is C23H34N4O2. The molecule has 2 aromatic rings. The SMILES string of the molecule is CCCC(CCO)CNC(=NCc1ccnc(OCc2ccccc2)c1)NCC. The van der Waals surface area contributed by atoms with Crippen molar-refractivity contribution in [3.05, 3.63) is 59.8 Å². The third-order valence-electron chi connectivity index (χ3n) is 4.59. The fourth-order valence-electron chi connectivity index (χ4n) is 3.05. The van der Waals surface area contributed by atoms with Crippen LogP contribution >= 0.6 is 0 Å². The summed E-state index contributed by atoms with van der Waals surface area (Å²) in [6, 6.07) is 13.9. The number of aromatic nitrogens is 1. The maximum Gasteiger partial charge on any atom is 0.213 e. The molecule has 1 heterocycles. The molecule has 0 saturated carbocycles. The molecule has 0 bridgehead atoms. The summed E-state index contributed by atoms with van der Waals surface area (Å²) in [5.74, 6) is 1.84. The van der Waals surface area contributed by atoms with Crippen LogP contribution in [-0.2, 0) is 13.2 Å². The summed E-state index contributed by atoms with van der Waals surface area (Å²) in [6.07, 6.45) is 4.78. The highest BCUT2D eigenvalue weighted by Crippen LogP contribution is 2.13. The van der Waals surface area contributed by atoms with Crippen molar-refractivity contribution in [3.8, 4) is 5.88 Å². The van der Waals surface area contributed by atoms with Gasteiger partial charge >= 0.3 is 0 Å². The maximum atomic E-state index is 9.23. The molecule has 158 valence electrons. The molecule has 0 spiro atoms. The lowest BCUT2D eigenvalue weighted by Crippen LogP contribution is -2.40. The smallest absolute Gasteiger partial charge is 0.213 e. The van der Waals surface area contributed by atoms with Gasteiger partial charge in [0, 0.05) is 32.0 Å². The number of aliphatic imine (C=N–C) groups is 1. The van der Waals surface area contributed by atoms with Crippen molar-refractivity contribution < 1.29 is 9.84 Å². The van der Waals surface area contributed by atoms with E-state index in [0.29, 0.717) is 24.9 Å². The molecule has 0 aliphatic rings. The maximum absolute atomic E-state index is 9.23. The van der Waals surface area contributed by atoms with Gasteiger partial charge in [0.15, 0.2) is 5.96 Å². The summed E-state index contributed by atoms with van der Waals surface area (Å²) in [5, 5.41) is 15.9. The summed E-state index contributed by atoms with van der Waals surface area (Å²) < 4.78 is 5.81. The first-order valence-corrected chi connectivity index (χ1v) is 10.5. The van der Waals surface area contributed by atoms with Gasteiger partial charge in [0.05, 0.1) is 6.54 Å². The standard InChI is InChI=1S/C23H34N4O2/c1-3-8-19(12-14-28)16-26-23(24-4-2)27-17-21-11-13-25-22(15-21)29-18-20-9-6-5-7-10-20/h5-7,9-11,13,15,19,28H,3-4,8,12,14,16-18H2,1-2H3,(H2,24,26,27). The normalized spacial score (nSPS) is 12.4. The fraction of sp³-hybridized carbons (Fsp3) is 0.478. The predicted molar refractivity (Wildman–Crippen MR) is 118 cm³/mol. The van der Waals surface area contributed by atoms with E-state index in [2.05, 4.69) is 34.5 Å². The zero-order chi connectivity index (χ0) is 20.7. The van der Waals surface area contributed by atoms with Crippen molar-refractivity contribution in [1.82, 2.24) is 15.6 Å². The highest BCUT2D eigenvalue weighted by Gasteiger charge is 2.08. The molecular weight excluding hydrogens is 364 g/mol. The number of hydrogen-bond acceptors (Lipinski definition) is 4.